The fourth-order valence-electron chi connectivity index (χ4n) is 3.18. The van der Waals surface area contributed by atoms with Gasteiger partial charge < -0.3 is 20.7 Å². The highest BCUT2D eigenvalue weighted by atomic mass is 16.4. The van der Waals surface area contributed by atoms with Crippen LogP contribution in [0.3, 0.4) is 0 Å². The van der Waals surface area contributed by atoms with E-state index in [-0.39, 0.29) is 11.7 Å². The van der Waals surface area contributed by atoms with Crippen LogP contribution in [0.5, 0.6) is 0 Å². The maximum Gasteiger partial charge on any atom is 0.236 e. The quantitative estimate of drug-likeness (QED) is 0.336. The van der Waals surface area contributed by atoms with Crippen LogP contribution in [-0.2, 0) is 4.79 Å². The minimum absolute atomic E-state index is 0.00523. The third-order valence-corrected chi connectivity index (χ3v) is 4.72. The summed E-state index contributed by atoms with van der Waals surface area (Å²) in [5, 5.41) is 11.9. The third-order valence-electron chi connectivity index (χ3n) is 4.72. The van der Waals surface area contributed by atoms with Gasteiger partial charge in [0.25, 0.3) is 0 Å². The number of oxime groups is 1. The summed E-state index contributed by atoms with van der Waals surface area (Å²) in [6.07, 6.45) is 4.65. The van der Waals surface area contributed by atoms with E-state index in [1.165, 1.54) is 6.42 Å². The Morgan fingerprint density at radius 3 is 2.63 bits per heavy atom. The lowest BCUT2D eigenvalue weighted by Gasteiger charge is -2.42. The molecule has 1 amide bonds. The number of carbonyl (C=O) groups is 1. The Labute approximate surface area is 114 Å². The molecule has 2 rings (SSSR count). The fraction of sp³-hybridized carbons (Fsp3) is 0.846. The van der Waals surface area contributed by atoms with Crippen molar-refractivity contribution in [3.05, 3.63) is 0 Å². The number of carbonyl (C=O) groups excluding carboxylic acids is 1. The first-order valence-corrected chi connectivity index (χ1v) is 6.95. The van der Waals surface area contributed by atoms with Crippen LogP contribution in [0.2, 0.25) is 0 Å². The van der Waals surface area contributed by atoms with E-state index in [0.29, 0.717) is 18.9 Å². The van der Waals surface area contributed by atoms with Gasteiger partial charge in [-0.05, 0) is 39.3 Å². The molecule has 19 heavy (non-hydrogen) atoms. The minimum atomic E-state index is -0.749. The molecule has 0 aromatic heterocycles. The Bertz CT molecular complexity index is 379. The Hall–Kier alpha value is -1.30. The lowest BCUT2D eigenvalue weighted by molar-refractivity contribution is -0.141. The van der Waals surface area contributed by atoms with Crippen LogP contribution in [0, 0.1) is 5.41 Å². The maximum atomic E-state index is 12.6. The Morgan fingerprint density at radius 2 is 2.21 bits per heavy atom. The normalized spacial score (nSPS) is 27.1. The van der Waals surface area contributed by atoms with Crippen molar-refractivity contribution in [1.29, 1.82) is 0 Å². The van der Waals surface area contributed by atoms with Gasteiger partial charge in [0.1, 0.15) is 5.41 Å². The number of hydrogen-bond donors (Lipinski definition) is 2. The molecule has 1 aliphatic heterocycles. The van der Waals surface area contributed by atoms with Gasteiger partial charge >= 0.3 is 0 Å². The smallest absolute Gasteiger partial charge is 0.236 e. The minimum Gasteiger partial charge on any atom is -0.409 e. The summed E-state index contributed by atoms with van der Waals surface area (Å²) in [4.78, 5) is 16.6. The first kappa shape index (κ1) is 14.1. The van der Waals surface area contributed by atoms with E-state index in [4.69, 9.17) is 10.9 Å². The topological polar surface area (TPSA) is 82.2 Å². The molecular weight excluding hydrogens is 244 g/mol. The van der Waals surface area contributed by atoms with Crippen LogP contribution < -0.4 is 5.73 Å². The molecule has 2 aliphatic rings. The van der Waals surface area contributed by atoms with Gasteiger partial charge in [0.2, 0.25) is 5.91 Å². The zero-order valence-electron chi connectivity index (χ0n) is 11.8. The standard InChI is InChI=1S/C13H24N4O2/c1-16-8-3-5-10(16)9-17(2)12(18)13(6-4-7-13)11(14)15-19/h10,19H,3-9H2,1-2H3,(H2,14,15). The molecule has 1 heterocycles. The first-order valence-electron chi connectivity index (χ1n) is 6.95. The highest BCUT2D eigenvalue weighted by molar-refractivity contribution is 6.07. The maximum absolute atomic E-state index is 12.6. The zero-order chi connectivity index (χ0) is 14.0. The van der Waals surface area contributed by atoms with E-state index < -0.39 is 5.41 Å². The molecular formula is C13H24N4O2. The van der Waals surface area contributed by atoms with Crippen molar-refractivity contribution >= 4 is 11.7 Å². The van der Waals surface area contributed by atoms with Gasteiger partial charge in [-0.3, -0.25) is 4.79 Å². The summed E-state index contributed by atoms with van der Waals surface area (Å²) in [6, 6.07) is 0.429. The molecule has 0 aromatic rings. The third kappa shape index (κ3) is 2.41. The molecule has 0 spiro atoms. The molecule has 6 heteroatoms. The Kier molecular flexibility index (Phi) is 3.99. The Balaban J connectivity index is 2.02. The summed E-state index contributed by atoms with van der Waals surface area (Å²) in [5.41, 5.74) is 4.98. The Morgan fingerprint density at radius 1 is 1.53 bits per heavy atom. The van der Waals surface area contributed by atoms with Crippen molar-refractivity contribution in [3.8, 4) is 0 Å². The predicted molar refractivity (Wildman–Crippen MR) is 73.0 cm³/mol. The summed E-state index contributed by atoms with van der Waals surface area (Å²) in [6.45, 7) is 1.81. The molecule has 0 radical (unpaired) electrons. The number of rotatable bonds is 4. The molecule has 1 saturated carbocycles. The van der Waals surface area contributed by atoms with Crippen molar-refractivity contribution in [3.63, 3.8) is 0 Å². The number of likely N-dealkylation sites (N-methyl/N-ethyl adjacent to an activating group) is 2. The molecule has 0 bridgehead atoms. The molecule has 2 fully saturated rings. The van der Waals surface area contributed by atoms with Crippen LogP contribution in [0.4, 0.5) is 0 Å². The van der Waals surface area contributed by atoms with Crippen LogP contribution in [0.15, 0.2) is 5.16 Å². The molecule has 3 N–H and O–H groups in total. The SMILES string of the molecule is CN(CC1CCCN1C)C(=O)C1(C(N)=NO)CCC1. The van der Waals surface area contributed by atoms with Crippen molar-refractivity contribution in [2.24, 2.45) is 16.3 Å². The second-order valence-electron chi connectivity index (χ2n) is 5.88. The van der Waals surface area contributed by atoms with Crippen molar-refractivity contribution in [2.45, 2.75) is 38.1 Å². The number of amidine groups is 1. The molecule has 1 aliphatic carbocycles. The van der Waals surface area contributed by atoms with Crippen LogP contribution in [-0.4, -0.2) is 60.0 Å². The average Bonchev–Trinajstić information content (AvgIpc) is 2.73. The fourth-order valence-corrected chi connectivity index (χ4v) is 3.18. The molecule has 1 saturated heterocycles. The number of amides is 1. The first-order chi connectivity index (χ1) is 9.01. The monoisotopic (exact) mass is 268 g/mol. The number of nitrogens with two attached hydrogens (primary N) is 1. The van der Waals surface area contributed by atoms with Gasteiger partial charge in [0.05, 0.1) is 0 Å². The van der Waals surface area contributed by atoms with Crippen molar-refractivity contribution in [2.75, 3.05) is 27.2 Å². The summed E-state index contributed by atoms with van der Waals surface area (Å²) in [5.74, 6) is 0.0599. The number of hydrogen-bond acceptors (Lipinski definition) is 4. The largest absolute Gasteiger partial charge is 0.409 e. The molecule has 1 unspecified atom stereocenters. The summed E-state index contributed by atoms with van der Waals surface area (Å²) in [7, 11) is 3.91. The van der Waals surface area contributed by atoms with Gasteiger partial charge in [-0.2, -0.15) is 0 Å². The van der Waals surface area contributed by atoms with Gasteiger partial charge in [-0.15, -0.1) is 0 Å². The molecule has 108 valence electrons. The van der Waals surface area contributed by atoms with Gasteiger partial charge in [0.15, 0.2) is 5.84 Å². The van der Waals surface area contributed by atoms with E-state index in [1.807, 2.05) is 7.05 Å². The summed E-state index contributed by atoms with van der Waals surface area (Å²) < 4.78 is 0. The predicted octanol–water partition coefficient (Wildman–Crippen LogP) is 0.456. The highest BCUT2D eigenvalue weighted by Crippen LogP contribution is 2.42. The second-order valence-corrected chi connectivity index (χ2v) is 5.88. The van der Waals surface area contributed by atoms with E-state index in [9.17, 15) is 4.79 Å². The van der Waals surface area contributed by atoms with E-state index in [0.717, 1.165) is 25.9 Å². The van der Waals surface area contributed by atoms with Crippen molar-refractivity contribution in [1.82, 2.24) is 9.80 Å². The van der Waals surface area contributed by atoms with E-state index in [2.05, 4.69) is 17.1 Å². The summed E-state index contributed by atoms with van der Waals surface area (Å²) >= 11 is 0. The second kappa shape index (κ2) is 5.36. The molecule has 1 atom stereocenters. The van der Waals surface area contributed by atoms with Gasteiger partial charge in [-0.25, -0.2) is 0 Å². The number of nitrogens with zero attached hydrogens (tertiary/aromatic N) is 3. The zero-order valence-corrected chi connectivity index (χ0v) is 11.8. The number of likely N-dealkylation sites (tertiary alicyclic amines) is 1. The average molecular weight is 268 g/mol. The van der Waals surface area contributed by atoms with Crippen molar-refractivity contribution < 1.29 is 10.0 Å². The lowest BCUT2D eigenvalue weighted by atomic mass is 9.67. The van der Waals surface area contributed by atoms with E-state index in [1.54, 1.807) is 4.90 Å². The van der Waals surface area contributed by atoms with Gasteiger partial charge in [0, 0.05) is 19.6 Å². The lowest BCUT2D eigenvalue weighted by Crippen LogP contribution is -2.55. The van der Waals surface area contributed by atoms with Crippen LogP contribution in [0.1, 0.15) is 32.1 Å². The highest BCUT2D eigenvalue weighted by Gasteiger charge is 2.50. The van der Waals surface area contributed by atoms with Crippen LogP contribution >= 0.6 is 0 Å². The molecule has 0 aromatic carbocycles. The van der Waals surface area contributed by atoms with E-state index >= 15 is 0 Å². The van der Waals surface area contributed by atoms with Gasteiger partial charge in [-0.1, -0.05) is 11.6 Å². The van der Waals surface area contributed by atoms with Crippen LogP contribution in [0.25, 0.3) is 0 Å². The molecule has 6 nitrogen and oxygen atoms in total.